The highest BCUT2D eigenvalue weighted by Crippen LogP contribution is 2.18. The number of hydrogen-bond acceptors (Lipinski definition) is 6. The highest BCUT2D eigenvalue weighted by atomic mass is 16.6. The second-order valence-corrected chi connectivity index (χ2v) is 24.1. The molecule has 79 heavy (non-hydrogen) atoms. The Morgan fingerprint density at radius 2 is 0.456 bits per heavy atom. The first-order valence-electron chi connectivity index (χ1n) is 35.5. The fourth-order valence-corrected chi connectivity index (χ4v) is 10.8. The SMILES string of the molecule is CCCCC/C=C\C/C=C\CCCCCCCCCC(=O)OC(COC(=O)CCCCCCCCCCCCCCC)COC(=O)CCCCCCCCCCCCCCCCCCCCC/C=C\CCCCCCCCCC. The maximum atomic E-state index is 12.9. The summed E-state index contributed by atoms with van der Waals surface area (Å²) in [6.07, 6.45) is 84.7. The lowest BCUT2D eigenvalue weighted by Crippen LogP contribution is -2.30. The molecule has 0 spiro atoms. The number of rotatable bonds is 66. The Kier molecular flexibility index (Phi) is 66.1. The Hall–Kier alpha value is -2.37. The van der Waals surface area contributed by atoms with Crippen molar-refractivity contribution in [2.24, 2.45) is 0 Å². The van der Waals surface area contributed by atoms with Gasteiger partial charge in [-0.15, -0.1) is 0 Å². The summed E-state index contributed by atoms with van der Waals surface area (Å²) >= 11 is 0. The molecule has 0 radical (unpaired) electrons. The van der Waals surface area contributed by atoms with Crippen molar-refractivity contribution in [3.8, 4) is 0 Å². The summed E-state index contributed by atoms with van der Waals surface area (Å²) in [5.41, 5.74) is 0. The van der Waals surface area contributed by atoms with Gasteiger partial charge in [0, 0.05) is 19.3 Å². The number of unbranched alkanes of at least 4 members (excludes halogenated alkanes) is 49. The van der Waals surface area contributed by atoms with Crippen molar-refractivity contribution in [3.63, 3.8) is 0 Å². The van der Waals surface area contributed by atoms with Gasteiger partial charge in [0.15, 0.2) is 6.10 Å². The summed E-state index contributed by atoms with van der Waals surface area (Å²) in [5, 5.41) is 0. The third-order valence-electron chi connectivity index (χ3n) is 16.1. The lowest BCUT2D eigenvalue weighted by Gasteiger charge is -2.18. The second-order valence-electron chi connectivity index (χ2n) is 24.1. The van der Waals surface area contributed by atoms with Gasteiger partial charge in [0.05, 0.1) is 0 Å². The van der Waals surface area contributed by atoms with Crippen molar-refractivity contribution in [1.82, 2.24) is 0 Å². The molecule has 0 aromatic rings. The number of carbonyl (C=O) groups excluding carboxylic acids is 3. The molecule has 0 fully saturated rings. The minimum absolute atomic E-state index is 0.0699. The van der Waals surface area contributed by atoms with E-state index in [1.807, 2.05) is 0 Å². The molecule has 464 valence electrons. The van der Waals surface area contributed by atoms with E-state index in [2.05, 4.69) is 57.2 Å². The van der Waals surface area contributed by atoms with Crippen molar-refractivity contribution in [2.45, 2.75) is 399 Å². The molecule has 6 nitrogen and oxygen atoms in total. The molecule has 6 heteroatoms. The van der Waals surface area contributed by atoms with E-state index in [9.17, 15) is 14.4 Å². The molecule has 1 unspecified atom stereocenters. The Labute approximate surface area is 493 Å². The van der Waals surface area contributed by atoms with Crippen LogP contribution in [0.1, 0.15) is 393 Å². The average Bonchev–Trinajstić information content (AvgIpc) is 3.45. The summed E-state index contributed by atoms with van der Waals surface area (Å²) in [6.45, 7) is 6.67. The Morgan fingerprint density at radius 3 is 0.734 bits per heavy atom. The van der Waals surface area contributed by atoms with Gasteiger partial charge in [0.1, 0.15) is 13.2 Å². The Morgan fingerprint density at radius 1 is 0.253 bits per heavy atom. The Bertz CT molecular complexity index is 1320. The zero-order chi connectivity index (χ0) is 57.1. The van der Waals surface area contributed by atoms with Crippen molar-refractivity contribution >= 4 is 17.9 Å². The molecule has 0 saturated carbocycles. The van der Waals surface area contributed by atoms with Crippen LogP contribution in [0.5, 0.6) is 0 Å². The fraction of sp³-hybridized carbons (Fsp3) is 0.877. The molecule has 0 aromatic carbocycles. The zero-order valence-corrected chi connectivity index (χ0v) is 53.4. The van der Waals surface area contributed by atoms with E-state index < -0.39 is 6.10 Å². The van der Waals surface area contributed by atoms with Crippen LogP contribution in [0.25, 0.3) is 0 Å². The van der Waals surface area contributed by atoms with Crippen molar-refractivity contribution < 1.29 is 28.6 Å². The van der Waals surface area contributed by atoms with Gasteiger partial charge < -0.3 is 14.2 Å². The molecule has 1 atom stereocenters. The number of allylic oxidation sites excluding steroid dienone is 6. The van der Waals surface area contributed by atoms with E-state index in [1.54, 1.807) is 0 Å². The maximum Gasteiger partial charge on any atom is 0.306 e. The molecule has 0 aliphatic rings. The van der Waals surface area contributed by atoms with Gasteiger partial charge in [-0.2, -0.15) is 0 Å². The Balaban J connectivity index is 4.14. The fourth-order valence-electron chi connectivity index (χ4n) is 10.8. The van der Waals surface area contributed by atoms with Crippen LogP contribution < -0.4 is 0 Å². The third kappa shape index (κ3) is 66.3. The van der Waals surface area contributed by atoms with Crippen molar-refractivity contribution in [1.29, 1.82) is 0 Å². The lowest BCUT2D eigenvalue weighted by atomic mass is 10.0. The first-order valence-corrected chi connectivity index (χ1v) is 35.5. The quantitative estimate of drug-likeness (QED) is 0.0261. The topological polar surface area (TPSA) is 78.9 Å². The third-order valence-corrected chi connectivity index (χ3v) is 16.1. The molecule has 0 heterocycles. The summed E-state index contributed by atoms with van der Waals surface area (Å²) < 4.78 is 17.0. The lowest BCUT2D eigenvalue weighted by molar-refractivity contribution is -0.167. The first kappa shape index (κ1) is 76.6. The predicted octanol–water partition coefficient (Wildman–Crippen LogP) is 24.3. The van der Waals surface area contributed by atoms with Gasteiger partial charge in [-0.25, -0.2) is 0 Å². The number of carbonyl (C=O) groups is 3. The van der Waals surface area contributed by atoms with E-state index in [-0.39, 0.29) is 31.1 Å². The van der Waals surface area contributed by atoms with Crippen LogP contribution in [0.15, 0.2) is 36.5 Å². The summed E-state index contributed by atoms with van der Waals surface area (Å²) in [7, 11) is 0. The van der Waals surface area contributed by atoms with E-state index in [0.717, 1.165) is 70.6 Å². The van der Waals surface area contributed by atoms with E-state index >= 15 is 0 Å². The van der Waals surface area contributed by atoms with Gasteiger partial charge in [-0.3, -0.25) is 14.4 Å². The van der Waals surface area contributed by atoms with Crippen LogP contribution in [0.4, 0.5) is 0 Å². The van der Waals surface area contributed by atoms with Crippen LogP contribution in [-0.4, -0.2) is 37.2 Å². The van der Waals surface area contributed by atoms with Crippen LogP contribution in [0.3, 0.4) is 0 Å². The summed E-state index contributed by atoms with van der Waals surface area (Å²) in [4.78, 5) is 38.4. The normalized spacial score (nSPS) is 12.2. The van der Waals surface area contributed by atoms with Crippen LogP contribution >= 0.6 is 0 Å². The molecule has 0 bridgehead atoms. The highest BCUT2D eigenvalue weighted by molar-refractivity contribution is 5.71. The van der Waals surface area contributed by atoms with Crippen LogP contribution in [-0.2, 0) is 28.6 Å². The zero-order valence-electron chi connectivity index (χ0n) is 53.4. The van der Waals surface area contributed by atoms with Gasteiger partial charge in [-0.1, -0.05) is 333 Å². The van der Waals surface area contributed by atoms with Gasteiger partial charge >= 0.3 is 17.9 Å². The second kappa shape index (κ2) is 68.1. The first-order chi connectivity index (χ1) is 39.0. The molecule has 0 rings (SSSR count). The predicted molar refractivity (Wildman–Crippen MR) is 344 cm³/mol. The molecule has 0 N–H and O–H groups in total. The van der Waals surface area contributed by atoms with E-state index in [4.69, 9.17) is 14.2 Å². The number of hydrogen-bond donors (Lipinski definition) is 0. The minimum Gasteiger partial charge on any atom is -0.462 e. The highest BCUT2D eigenvalue weighted by Gasteiger charge is 2.19. The number of ether oxygens (including phenoxy) is 3. The molecule has 0 amide bonds. The van der Waals surface area contributed by atoms with E-state index in [1.165, 1.54) is 283 Å². The maximum absolute atomic E-state index is 12.9. The molecular formula is C73H136O6. The molecule has 0 saturated heterocycles. The largest absolute Gasteiger partial charge is 0.462 e. The van der Waals surface area contributed by atoms with E-state index in [0.29, 0.717) is 19.3 Å². The minimum atomic E-state index is -0.773. The van der Waals surface area contributed by atoms with Gasteiger partial charge in [0.25, 0.3) is 0 Å². The number of esters is 3. The van der Waals surface area contributed by atoms with Crippen LogP contribution in [0, 0.1) is 0 Å². The van der Waals surface area contributed by atoms with Gasteiger partial charge in [0.2, 0.25) is 0 Å². The molecular weight excluding hydrogens is 973 g/mol. The van der Waals surface area contributed by atoms with Crippen LogP contribution in [0.2, 0.25) is 0 Å². The standard InChI is InChI=1S/C73H136O6/c1-4-7-10-13-16-19-22-25-27-29-30-31-32-33-34-35-36-37-38-39-40-41-42-44-45-48-51-54-57-60-63-66-72(75)78-69-70(68-77-71(74)65-62-59-56-53-50-47-24-21-18-15-12-9-6-3)79-73(76)67-64-61-58-55-52-49-46-43-28-26-23-20-17-14-11-8-5-2/h17,20,26,28-30,70H,4-16,18-19,21-25,27,31-69H2,1-3H3/b20-17-,28-26-,30-29-. The summed E-state index contributed by atoms with van der Waals surface area (Å²) in [5.74, 6) is -0.850. The molecule has 0 aliphatic carbocycles. The monoisotopic (exact) mass is 1110 g/mol. The van der Waals surface area contributed by atoms with Gasteiger partial charge in [-0.05, 0) is 77.0 Å². The summed E-state index contributed by atoms with van der Waals surface area (Å²) in [6, 6.07) is 0. The van der Waals surface area contributed by atoms with Crippen molar-refractivity contribution in [2.75, 3.05) is 13.2 Å². The smallest absolute Gasteiger partial charge is 0.306 e. The van der Waals surface area contributed by atoms with Crippen molar-refractivity contribution in [3.05, 3.63) is 36.5 Å². The molecule has 0 aromatic heterocycles. The molecule has 0 aliphatic heterocycles. The average molecular weight is 1110 g/mol.